The van der Waals surface area contributed by atoms with Crippen molar-refractivity contribution in [1.29, 1.82) is 0 Å². The monoisotopic (exact) mass is 346 g/mol. The lowest BCUT2D eigenvalue weighted by Gasteiger charge is -2.09. The lowest BCUT2D eigenvalue weighted by atomic mass is 9.97. The Labute approximate surface area is 150 Å². The molecule has 0 atom stereocenters. The normalized spacial score (nSPS) is 14.0. The Hall–Kier alpha value is -1.72. The molecule has 1 aliphatic rings. The molecule has 0 aromatic heterocycles. The standard InChI is InChI=1S/C20H30N2O3/c1-15(2)25-13-3-10-22-20(24)7-6-19(23)18-5-4-16-8-11-21-12-9-17(16)14-18/h4-5,14-15,21H,3,6-13H2,1-2H3,(H,22,24). The molecule has 2 rings (SSSR count). The van der Waals surface area contributed by atoms with E-state index in [1.807, 2.05) is 26.0 Å². The molecule has 1 heterocycles. The topological polar surface area (TPSA) is 67.4 Å². The molecule has 1 amide bonds. The minimum absolute atomic E-state index is 0.0401. The maximum atomic E-state index is 12.4. The number of amides is 1. The number of Topliss-reactive ketones (excluding diaryl/α,β-unsaturated/α-hetero) is 1. The van der Waals surface area contributed by atoms with Crippen molar-refractivity contribution in [3.8, 4) is 0 Å². The van der Waals surface area contributed by atoms with E-state index in [2.05, 4.69) is 16.7 Å². The van der Waals surface area contributed by atoms with Gasteiger partial charge in [-0.05, 0) is 63.4 Å². The van der Waals surface area contributed by atoms with Gasteiger partial charge in [0.25, 0.3) is 0 Å². The summed E-state index contributed by atoms with van der Waals surface area (Å²) in [6.07, 6.45) is 3.46. The van der Waals surface area contributed by atoms with Gasteiger partial charge < -0.3 is 15.4 Å². The zero-order chi connectivity index (χ0) is 18.1. The summed E-state index contributed by atoms with van der Waals surface area (Å²) in [6, 6.07) is 5.96. The number of hydrogen-bond donors (Lipinski definition) is 2. The number of benzene rings is 1. The third-order valence-corrected chi connectivity index (χ3v) is 4.34. The van der Waals surface area contributed by atoms with E-state index in [9.17, 15) is 9.59 Å². The second-order valence-electron chi connectivity index (χ2n) is 6.78. The van der Waals surface area contributed by atoms with Gasteiger partial charge in [0.2, 0.25) is 5.91 Å². The molecule has 2 N–H and O–H groups in total. The molecule has 0 spiro atoms. The van der Waals surface area contributed by atoms with Crippen molar-refractivity contribution in [3.05, 3.63) is 34.9 Å². The molecule has 25 heavy (non-hydrogen) atoms. The van der Waals surface area contributed by atoms with Crippen LogP contribution in [0, 0.1) is 0 Å². The van der Waals surface area contributed by atoms with E-state index < -0.39 is 0 Å². The van der Waals surface area contributed by atoms with Gasteiger partial charge in [-0.3, -0.25) is 9.59 Å². The predicted octanol–water partition coefficient (Wildman–Crippen LogP) is 2.27. The van der Waals surface area contributed by atoms with Gasteiger partial charge in [-0.1, -0.05) is 12.1 Å². The maximum Gasteiger partial charge on any atom is 0.220 e. The van der Waals surface area contributed by atoms with E-state index in [0.29, 0.717) is 13.2 Å². The zero-order valence-corrected chi connectivity index (χ0v) is 15.4. The third-order valence-electron chi connectivity index (χ3n) is 4.34. The first-order valence-electron chi connectivity index (χ1n) is 9.30. The fourth-order valence-corrected chi connectivity index (χ4v) is 2.93. The minimum Gasteiger partial charge on any atom is -0.379 e. The number of hydrogen-bond acceptors (Lipinski definition) is 4. The summed E-state index contributed by atoms with van der Waals surface area (Å²) in [5.74, 6) is -0.0323. The van der Waals surface area contributed by atoms with E-state index in [0.717, 1.165) is 37.9 Å². The number of nitrogens with one attached hydrogen (secondary N) is 2. The molecular formula is C20H30N2O3. The first kappa shape index (κ1) is 19.6. The van der Waals surface area contributed by atoms with Crippen LogP contribution in [-0.2, 0) is 22.4 Å². The predicted molar refractivity (Wildman–Crippen MR) is 99.0 cm³/mol. The van der Waals surface area contributed by atoms with Crippen molar-refractivity contribution in [1.82, 2.24) is 10.6 Å². The second kappa shape index (κ2) is 10.3. The van der Waals surface area contributed by atoms with E-state index in [1.165, 1.54) is 11.1 Å². The van der Waals surface area contributed by atoms with Crippen molar-refractivity contribution in [2.75, 3.05) is 26.2 Å². The number of ketones is 1. The zero-order valence-electron chi connectivity index (χ0n) is 15.4. The van der Waals surface area contributed by atoms with Gasteiger partial charge in [-0.2, -0.15) is 0 Å². The quantitative estimate of drug-likeness (QED) is 0.532. The summed E-state index contributed by atoms with van der Waals surface area (Å²) in [5, 5.41) is 6.21. The average Bonchev–Trinajstić information content (AvgIpc) is 2.83. The SMILES string of the molecule is CC(C)OCCCNC(=O)CCC(=O)c1ccc2c(c1)CCNCC2. The van der Waals surface area contributed by atoms with E-state index in [-0.39, 0.29) is 30.6 Å². The molecule has 0 radical (unpaired) electrons. The Bertz CT molecular complexity index is 584. The van der Waals surface area contributed by atoms with Crippen LogP contribution in [0.2, 0.25) is 0 Å². The highest BCUT2D eigenvalue weighted by Crippen LogP contribution is 2.17. The molecule has 5 heteroatoms. The van der Waals surface area contributed by atoms with Crippen LogP contribution in [0.3, 0.4) is 0 Å². The Kier molecular flexibility index (Phi) is 8.09. The molecule has 1 aromatic rings. The number of carbonyl (C=O) groups excluding carboxylic acids is 2. The van der Waals surface area contributed by atoms with Crippen LogP contribution >= 0.6 is 0 Å². The molecule has 0 bridgehead atoms. The minimum atomic E-state index is -0.0724. The molecule has 0 aliphatic carbocycles. The molecule has 0 saturated carbocycles. The van der Waals surface area contributed by atoms with Crippen LogP contribution in [0.1, 0.15) is 54.6 Å². The van der Waals surface area contributed by atoms with Crippen molar-refractivity contribution in [2.24, 2.45) is 0 Å². The molecule has 5 nitrogen and oxygen atoms in total. The van der Waals surface area contributed by atoms with Gasteiger partial charge in [0.1, 0.15) is 0 Å². The first-order chi connectivity index (χ1) is 12.1. The lowest BCUT2D eigenvalue weighted by Crippen LogP contribution is -2.26. The number of ether oxygens (including phenoxy) is 1. The number of fused-ring (bicyclic) bond motifs is 1. The largest absolute Gasteiger partial charge is 0.379 e. The Balaban J connectivity index is 1.73. The van der Waals surface area contributed by atoms with Crippen LogP contribution in [-0.4, -0.2) is 44.0 Å². The molecule has 0 fully saturated rings. The van der Waals surface area contributed by atoms with Gasteiger partial charge in [0.05, 0.1) is 6.10 Å². The summed E-state index contributed by atoms with van der Waals surface area (Å²) in [5.41, 5.74) is 3.30. The third kappa shape index (κ3) is 6.96. The smallest absolute Gasteiger partial charge is 0.220 e. The van der Waals surface area contributed by atoms with Crippen molar-refractivity contribution >= 4 is 11.7 Å². The number of carbonyl (C=O) groups is 2. The fraction of sp³-hybridized carbons (Fsp3) is 0.600. The molecule has 1 aromatic carbocycles. The van der Waals surface area contributed by atoms with Crippen LogP contribution < -0.4 is 10.6 Å². The Morgan fingerprint density at radius 3 is 2.68 bits per heavy atom. The Morgan fingerprint density at radius 1 is 1.16 bits per heavy atom. The first-order valence-corrected chi connectivity index (χ1v) is 9.30. The van der Waals surface area contributed by atoms with Crippen LogP contribution in [0.15, 0.2) is 18.2 Å². The highest BCUT2D eigenvalue weighted by atomic mass is 16.5. The lowest BCUT2D eigenvalue weighted by molar-refractivity contribution is -0.121. The summed E-state index contributed by atoms with van der Waals surface area (Å²) < 4.78 is 5.42. The maximum absolute atomic E-state index is 12.4. The fourth-order valence-electron chi connectivity index (χ4n) is 2.93. The average molecular weight is 346 g/mol. The van der Waals surface area contributed by atoms with Crippen LogP contribution in [0.25, 0.3) is 0 Å². The van der Waals surface area contributed by atoms with Gasteiger partial charge in [0, 0.05) is 31.6 Å². The summed E-state index contributed by atoms with van der Waals surface area (Å²) in [7, 11) is 0. The highest BCUT2D eigenvalue weighted by Gasteiger charge is 2.13. The van der Waals surface area contributed by atoms with E-state index in [4.69, 9.17) is 4.74 Å². The van der Waals surface area contributed by atoms with Gasteiger partial charge in [0.15, 0.2) is 5.78 Å². The summed E-state index contributed by atoms with van der Waals surface area (Å²) in [6.45, 7) is 7.15. The second-order valence-corrected chi connectivity index (χ2v) is 6.78. The molecular weight excluding hydrogens is 316 g/mol. The molecule has 1 aliphatic heterocycles. The van der Waals surface area contributed by atoms with E-state index in [1.54, 1.807) is 0 Å². The van der Waals surface area contributed by atoms with E-state index >= 15 is 0 Å². The molecule has 0 saturated heterocycles. The summed E-state index contributed by atoms with van der Waals surface area (Å²) in [4.78, 5) is 24.2. The summed E-state index contributed by atoms with van der Waals surface area (Å²) >= 11 is 0. The van der Waals surface area contributed by atoms with Gasteiger partial charge in [-0.25, -0.2) is 0 Å². The van der Waals surface area contributed by atoms with Crippen LogP contribution in [0.5, 0.6) is 0 Å². The highest BCUT2D eigenvalue weighted by molar-refractivity contribution is 5.98. The van der Waals surface area contributed by atoms with Crippen LogP contribution in [0.4, 0.5) is 0 Å². The van der Waals surface area contributed by atoms with Gasteiger partial charge in [-0.15, -0.1) is 0 Å². The Morgan fingerprint density at radius 2 is 1.92 bits per heavy atom. The van der Waals surface area contributed by atoms with Crippen molar-refractivity contribution < 1.29 is 14.3 Å². The number of rotatable bonds is 9. The van der Waals surface area contributed by atoms with Crippen molar-refractivity contribution in [3.63, 3.8) is 0 Å². The van der Waals surface area contributed by atoms with Crippen molar-refractivity contribution in [2.45, 2.75) is 52.1 Å². The molecule has 0 unspecified atom stereocenters. The molecule has 138 valence electrons. The van der Waals surface area contributed by atoms with Gasteiger partial charge >= 0.3 is 0 Å².